The van der Waals surface area contributed by atoms with E-state index in [-0.39, 0.29) is 17.7 Å². The Kier molecular flexibility index (Phi) is 8.68. The summed E-state index contributed by atoms with van der Waals surface area (Å²) in [6.45, 7) is 1.28. The second-order valence-electron chi connectivity index (χ2n) is 12.3. The third-order valence-corrected chi connectivity index (χ3v) is 10.3. The highest BCUT2D eigenvalue weighted by Crippen LogP contribution is 2.56. The van der Waals surface area contributed by atoms with E-state index in [1.165, 1.54) is 27.2 Å². The van der Waals surface area contributed by atoms with Gasteiger partial charge in [-0.25, -0.2) is 4.79 Å². The van der Waals surface area contributed by atoms with Gasteiger partial charge in [0.1, 0.15) is 46.1 Å². The molecule has 2 aromatic carbocycles. The maximum absolute atomic E-state index is 14.6. The van der Waals surface area contributed by atoms with E-state index in [4.69, 9.17) is 35.3 Å². The number of benzene rings is 2. The molecule has 50 heavy (non-hydrogen) atoms. The highest BCUT2D eigenvalue weighted by molar-refractivity contribution is 6.50. The molecule has 2 aromatic rings. The molecule has 6 rings (SSSR count). The first-order valence-electron chi connectivity index (χ1n) is 15.1. The van der Waals surface area contributed by atoms with E-state index in [2.05, 4.69) is 5.32 Å². The number of ether oxygens (including phenoxy) is 5. The summed E-state index contributed by atoms with van der Waals surface area (Å²) >= 11 is 6.36. The van der Waals surface area contributed by atoms with Crippen LogP contribution in [0.2, 0.25) is 0 Å². The second kappa shape index (κ2) is 12.2. The average Bonchev–Trinajstić information content (AvgIpc) is 3.07. The van der Waals surface area contributed by atoms with E-state index in [0.717, 1.165) is 20.3 Å². The third kappa shape index (κ3) is 4.40. The number of carbonyl (C=O) groups is 5. The minimum atomic E-state index is -3.26. The van der Waals surface area contributed by atoms with Crippen LogP contribution < -0.4 is 5.32 Å². The van der Waals surface area contributed by atoms with Gasteiger partial charge in [0.2, 0.25) is 23.1 Å². The number of methoxy groups -OCH3 is 4. The number of ketones is 4. The van der Waals surface area contributed by atoms with Crippen molar-refractivity contribution in [3.05, 3.63) is 67.4 Å². The molecular formula is C33H32ClNO15. The normalized spacial score (nSPS) is 30.4. The SMILES string of the molecule is COC(=O)c1c(C)cc2c(c1O)[C@]1(O)C(=O)c3cc4c(c(O)c3C(=O)[C@]1(OC)[C@H](O)C2)C(=O)C(Cl)=C(N[C@H]1OC[C@H](OC)[C@@H](O)[C@H]1OC)C4=O. The number of phenolic OH excluding ortho intramolecular Hbond substituents is 2. The summed E-state index contributed by atoms with van der Waals surface area (Å²) in [5, 5.41) is 59.3. The number of halogens is 1. The Labute approximate surface area is 288 Å². The van der Waals surface area contributed by atoms with Gasteiger partial charge in [-0.2, -0.15) is 0 Å². The predicted octanol–water partition coefficient (Wildman–Crippen LogP) is -0.0720. The molecule has 0 spiro atoms. The average molecular weight is 718 g/mol. The fraction of sp³-hybridized carbons (Fsp3) is 0.424. The first-order chi connectivity index (χ1) is 23.6. The van der Waals surface area contributed by atoms with Crippen LogP contribution in [0.15, 0.2) is 22.9 Å². The highest BCUT2D eigenvalue weighted by Gasteiger charge is 2.72. The molecule has 0 aromatic heterocycles. The summed E-state index contributed by atoms with van der Waals surface area (Å²) in [7, 11) is 4.54. The number of Topliss-reactive ketones (excluding diaryl/α,β-unsaturated/α-hetero) is 4. The van der Waals surface area contributed by atoms with Crippen LogP contribution in [0.5, 0.6) is 11.5 Å². The van der Waals surface area contributed by atoms with Crippen molar-refractivity contribution in [3.8, 4) is 11.5 Å². The molecular weight excluding hydrogens is 686 g/mol. The van der Waals surface area contributed by atoms with Crippen LogP contribution in [0, 0.1) is 6.92 Å². The van der Waals surface area contributed by atoms with E-state index < -0.39 is 133 Å². The number of rotatable bonds is 6. The van der Waals surface area contributed by atoms with Crippen molar-refractivity contribution < 1.29 is 73.2 Å². The maximum Gasteiger partial charge on any atom is 0.341 e. The molecule has 0 saturated carbocycles. The number of fused-ring (bicyclic) bond motifs is 5. The topological polar surface area (TPSA) is 245 Å². The lowest BCUT2D eigenvalue weighted by atomic mass is 9.56. The fourth-order valence-corrected chi connectivity index (χ4v) is 7.75. The van der Waals surface area contributed by atoms with Crippen molar-refractivity contribution in [3.63, 3.8) is 0 Å². The molecule has 266 valence electrons. The molecule has 0 radical (unpaired) electrons. The second-order valence-corrected chi connectivity index (χ2v) is 12.6. The van der Waals surface area contributed by atoms with E-state index in [9.17, 15) is 49.5 Å². The Hall–Kier alpha value is -4.26. The standard InChI is InChI=1S/C33H32ClNO15/c1-10-6-11-7-15(36)33(49-5)29(43)18-13(28(42)32(33,45)19(11)25(40)16(10)31(44)48-4)8-12-17(24(18)39)26(41)20(34)21(22(12)37)35-30-27(47-3)23(38)14(46-2)9-50-30/h6,8,14-15,23,27,30,35-36,38-40,45H,7,9H2,1-5H3/t14-,15+,23+,27+,30-,32-,33+/m0/s1. The Balaban J connectivity index is 1.54. The Morgan fingerprint density at radius 1 is 0.960 bits per heavy atom. The number of carbonyl (C=O) groups excluding carboxylic acids is 5. The number of aliphatic hydroxyl groups excluding tert-OH is 2. The van der Waals surface area contributed by atoms with Crippen LogP contribution in [-0.4, -0.2) is 126 Å². The van der Waals surface area contributed by atoms with Crippen molar-refractivity contribution in [2.45, 2.75) is 55.2 Å². The van der Waals surface area contributed by atoms with Crippen molar-refractivity contribution in [1.29, 1.82) is 0 Å². The first kappa shape index (κ1) is 35.6. The van der Waals surface area contributed by atoms with E-state index >= 15 is 0 Å². The van der Waals surface area contributed by atoms with Crippen LogP contribution in [0.25, 0.3) is 0 Å². The molecule has 1 heterocycles. The highest BCUT2D eigenvalue weighted by atomic mass is 35.5. The Morgan fingerprint density at radius 3 is 2.24 bits per heavy atom. The smallest absolute Gasteiger partial charge is 0.341 e. The summed E-state index contributed by atoms with van der Waals surface area (Å²) < 4.78 is 26.4. The van der Waals surface area contributed by atoms with Gasteiger partial charge in [0.15, 0.2) is 17.4 Å². The molecule has 0 bridgehead atoms. The molecule has 1 fully saturated rings. The molecule has 0 amide bonds. The zero-order valence-corrected chi connectivity index (χ0v) is 27.9. The van der Waals surface area contributed by atoms with Crippen LogP contribution in [0.3, 0.4) is 0 Å². The predicted molar refractivity (Wildman–Crippen MR) is 166 cm³/mol. The largest absolute Gasteiger partial charge is 0.507 e. The summed E-state index contributed by atoms with van der Waals surface area (Å²) in [5.74, 6) is -8.15. The molecule has 1 saturated heterocycles. The molecule has 17 heteroatoms. The summed E-state index contributed by atoms with van der Waals surface area (Å²) in [4.78, 5) is 69.3. The van der Waals surface area contributed by atoms with Gasteiger partial charge in [-0.1, -0.05) is 17.7 Å². The lowest BCUT2D eigenvalue weighted by Gasteiger charge is -2.52. The van der Waals surface area contributed by atoms with Gasteiger partial charge in [-0.05, 0) is 24.1 Å². The summed E-state index contributed by atoms with van der Waals surface area (Å²) in [5.41, 5.74) is -10.7. The van der Waals surface area contributed by atoms with Crippen LogP contribution in [0.1, 0.15) is 68.5 Å². The third-order valence-electron chi connectivity index (χ3n) is 9.95. The van der Waals surface area contributed by atoms with Crippen molar-refractivity contribution >= 4 is 40.7 Å². The van der Waals surface area contributed by atoms with Gasteiger partial charge in [-0.3, -0.25) is 19.2 Å². The molecule has 1 aliphatic heterocycles. The lowest BCUT2D eigenvalue weighted by Crippen LogP contribution is -2.73. The summed E-state index contributed by atoms with van der Waals surface area (Å²) in [6.07, 6.45) is -6.88. The quantitative estimate of drug-likeness (QED) is 0.214. The van der Waals surface area contributed by atoms with Crippen molar-refractivity contribution in [2.24, 2.45) is 0 Å². The monoisotopic (exact) mass is 717 g/mol. The molecule has 4 aliphatic rings. The number of phenols is 2. The van der Waals surface area contributed by atoms with Gasteiger partial charge in [0.25, 0.3) is 0 Å². The van der Waals surface area contributed by atoms with Crippen LogP contribution in [-0.2, 0) is 35.7 Å². The van der Waals surface area contributed by atoms with Gasteiger partial charge in [0.05, 0.1) is 30.9 Å². The van der Waals surface area contributed by atoms with E-state index in [0.29, 0.717) is 0 Å². The Morgan fingerprint density at radius 2 is 1.64 bits per heavy atom. The number of aryl methyl sites for hydroxylation is 1. The minimum absolute atomic E-state index is 0.0207. The molecule has 16 nitrogen and oxygen atoms in total. The van der Waals surface area contributed by atoms with Crippen LogP contribution in [0.4, 0.5) is 0 Å². The van der Waals surface area contributed by atoms with Crippen molar-refractivity contribution in [2.75, 3.05) is 35.0 Å². The first-order valence-corrected chi connectivity index (χ1v) is 15.5. The Bertz CT molecular complexity index is 1940. The maximum atomic E-state index is 14.6. The van der Waals surface area contributed by atoms with Gasteiger partial charge in [0, 0.05) is 44.4 Å². The number of hydrogen-bond acceptors (Lipinski definition) is 16. The number of aromatic hydroxyl groups is 2. The number of allylic oxidation sites excluding steroid dienone is 2. The van der Waals surface area contributed by atoms with Crippen LogP contribution >= 0.6 is 11.6 Å². The minimum Gasteiger partial charge on any atom is -0.507 e. The van der Waals surface area contributed by atoms with Gasteiger partial charge in [-0.15, -0.1) is 0 Å². The van der Waals surface area contributed by atoms with Gasteiger partial charge >= 0.3 is 5.97 Å². The number of nitrogens with one attached hydrogen (secondary N) is 1. The molecule has 7 atom stereocenters. The zero-order chi connectivity index (χ0) is 36.8. The molecule has 0 unspecified atom stereocenters. The summed E-state index contributed by atoms with van der Waals surface area (Å²) in [6, 6.07) is 2.12. The molecule has 3 aliphatic carbocycles. The number of esters is 1. The van der Waals surface area contributed by atoms with Gasteiger partial charge < -0.3 is 54.5 Å². The van der Waals surface area contributed by atoms with E-state index in [1.54, 1.807) is 0 Å². The van der Waals surface area contributed by atoms with E-state index in [1.807, 2.05) is 0 Å². The zero-order valence-electron chi connectivity index (χ0n) is 27.2. The number of hydrogen-bond donors (Lipinski definition) is 6. The molecule has 6 N–H and O–H groups in total. The van der Waals surface area contributed by atoms with Crippen molar-refractivity contribution in [1.82, 2.24) is 5.32 Å². The number of aliphatic hydroxyl groups is 3. The lowest BCUT2D eigenvalue weighted by molar-refractivity contribution is -0.208. The fourth-order valence-electron chi connectivity index (χ4n) is 7.52.